The maximum absolute atomic E-state index is 12.3. The van der Waals surface area contributed by atoms with Gasteiger partial charge in [0.05, 0.1) is 11.4 Å². The Morgan fingerprint density at radius 3 is 2.50 bits per heavy atom. The summed E-state index contributed by atoms with van der Waals surface area (Å²) in [6, 6.07) is 15.7. The second kappa shape index (κ2) is 7.76. The molecule has 1 aromatic heterocycles. The van der Waals surface area contributed by atoms with Crippen LogP contribution in [-0.2, 0) is 11.2 Å². The number of carbonyl (C=O) groups is 1. The number of ether oxygens (including phenoxy) is 2. The Labute approximate surface area is 164 Å². The number of anilines is 1. The summed E-state index contributed by atoms with van der Waals surface area (Å²) in [6.45, 7) is 5.10. The van der Waals surface area contributed by atoms with Crippen molar-refractivity contribution >= 4 is 11.6 Å². The van der Waals surface area contributed by atoms with Gasteiger partial charge in [0.2, 0.25) is 5.91 Å². The van der Waals surface area contributed by atoms with E-state index >= 15 is 0 Å². The van der Waals surface area contributed by atoms with Crippen LogP contribution in [-0.4, -0.2) is 28.9 Å². The summed E-state index contributed by atoms with van der Waals surface area (Å²) >= 11 is 0. The maximum atomic E-state index is 12.3. The molecule has 144 valence electrons. The molecule has 28 heavy (non-hydrogen) atoms. The van der Waals surface area contributed by atoms with Crippen molar-refractivity contribution in [3.8, 4) is 17.2 Å². The van der Waals surface area contributed by atoms with Crippen LogP contribution in [0.15, 0.2) is 48.5 Å². The van der Waals surface area contributed by atoms with Gasteiger partial charge in [-0.15, -0.1) is 0 Å². The van der Waals surface area contributed by atoms with Gasteiger partial charge in [0.15, 0.2) is 11.5 Å². The Balaban J connectivity index is 1.34. The number of hydrogen-bond donors (Lipinski definition) is 1. The molecule has 1 N–H and O–H groups in total. The van der Waals surface area contributed by atoms with Crippen molar-refractivity contribution in [1.82, 2.24) is 9.78 Å². The molecule has 1 aliphatic rings. The van der Waals surface area contributed by atoms with Crippen LogP contribution in [0.5, 0.6) is 11.5 Å². The number of aromatic nitrogens is 2. The molecule has 0 spiro atoms. The molecule has 4 rings (SSSR count). The lowest BCUT2D eigenvalue weighted by atomic mass is 10.1. The Hall–Kier alpha value is -3.28. The Morgan fingerprint density at radius 1 is 1.04 bits per heavy atom. The monoisotopic (exact) mass is 377 g/mol. The highest BCUT2D eigenvalue weighted by Crippen LogP contribution is 2.32. The van der Waals surface area contributed by atoms with E-state index in [1.165, 1.54) is 0 Å². The number of nitrogens with zero attached hydrogens (tertiary/aromatic N) is 2. The topological polar surface area (TPSA) is 65.4 Å². The van der Waals surface area contributed by atoms with Crippen molar-refractivity contribution in [3.63, 3.8) is 0 Å². The van der Waals surface area contributed by atoms with Crippen LogP contribution in [0, 0.1) is 13.8 Å². The van der Waals surface area contributed by atoms with Gasteiger partial charge in [0.1, 0.15) is 13.2 Å². The zero-order chi connectivity index (χ0) is 19.5. The summed E-state index contributed by atoms with van der Waals surface area (Å²) < 4.78 is 13.0. The maximum Gasteiger partial charge on any atom is 0.224 e. The third-order valence-electron chi connectivity index (χ3n) is 4.66. The fourth-order valence-corrected chi connectivity index (χ4v) is 3.30. The van der Waals surface area contributed by atoms with Crippen molar-refractivity contribution in [2.75, 3.05) is 18.5 Å². The molecule has 0 saturated carbocycles. The minimum Gasteiger partial charge on any atom is -0.486 e. The molecule has 0 atom stereocenters. The van der Waals surface area contributed by atoms with Crippen molar-refractivity contribution in [2.24, 2.45) is 0 Å². The van der Waals surface area contributed by atoms with E-state index in [4.69, 9.17) is 9.47 Å². The van der Waals surface area contributed by atoms with Crippen molar-refractivity contribution in [2.45, 2.75) is 26.7 Å². The zero-order valence-corrected chi connectivity index (χ0v) is 16.1. The predicted octanol–water partition coefficient (Wildman–Crippen LogP) is 3.83. The van der Waals surface area contributed by atoms with Crippen molar-refractivity contribution in [3.05, 3.63) is 65.5 Å². The van der Waals surface area contributed by atoms with Crippen molar-refractivity contribution < 1.29 is 14.3 Å². The van der Waals surface area contributed by atoms with E-state index in [1.807, 2.05) is 54.9 Å². The van der Waals surface area contributed by atoms with E-state index in [9.17, 15) is 4.79 Å². The highest BCUT2D eigenvalue weighted by atomic mass is 16.6. The van der Waals surface area contributed by atoms with Gasteiger partial charge >= 0.3 is 0 Å². The first-order valence-corrected chi connectivity index (χ1v) is 9.40. The number of nitrogens with one attached hydrogen (secondary N) is 1. The number of hydrogen-bond acceptors (Lipinski definition) is 4. The van der Waals surface area contributed by atoms with Crippen molar-refractivity contribution in [1.29, 1.82) is 0 Å². The van der Waals surface area contributed by atoms with Gasteiger partial charge in [-0.3, -0.25) is 4.79 Å². The van der Waals surface area contributed by atoms with E-state index in [0.29, 0.717) is 43.2 Å². The number of fused-ring (bicyclic) bond motifs is 1. The second-order valence-corrected chi connectivity index (χ2v) is 6.91. The fraction of sp³-hybridized carbons (Fsp3) is 0.273. The summed E-state index contributed by atoms with van der Waals surface area (Å²) in [4.78, 5) is 12.3. The molecule has 2 aromatic carbocycles. The SMILES string of the molecule is Cc1cc(C)n(-c2ccc(CCC(=O)Nc3ccc4c(c3)OCCO4)cc2)n1. The molecule has 0 unspecified atom stereocenters. The lowest BCUT2D eigenvalue weighted by molar-refractivity contribution is -0.116. The smallest absolute Gasteiger partial charge is 0.224 e. The second-order valence-electron chi connectivity index (χ2n) is 6.91. The first-order chi connectivity index (χ1) is 13.6. The van der Waals surface area contributed by atoms with Gasteiger partial charge in [-0.25, -0.2) is 4.68 Å². The molecular formula is C22H23N3O3. The first-order valence-electron chi connectivity index (χ1n) is 9.40. The number of rotatable bonds is 5. The molecule has 1 aliphatic heterocycles. The number of benzene rings is 2. The van der Waals surface area contributed by atoms with Crippen LogP contribution in [0.2, 0.25) is 0 Å². The quantitative estimate of drug-likeness (QED) is 0.734. The highest BCUT2D eigenvalue weighted by molar-refractivity contribution is 5.91. The third kappa shape index (κ3) is 4.01. The van der Waals surface area contributed by atoms with Crippen LogP contribution in [0.4, 0.5) is 5.69 Å². The molecule has 6 nitrogen and oxygen atoms in total. The summed E-state index contributed by atoms with van der Waals surface area (Å²) in [6.07, 6.45) is 1.08. The Kier molecular flexibility index (Phi) is 5.02. The largest absolute Gasteiger partial charge is 0.486 e. The molecule has 0 aliphatic carbocycles. The fourth-order valence-electron chi connectivity index (χ4n) is 3.30. The molecular weight excluding hydrogens is 354 g/mol. The molecule has 3 aromatic rings. The minimum absolute atomic E-state index is 0.0284. The first kappa shape index (κ1) is 18.1. The summed E-state index contributed by atoms with van der Waals surface area (Å²) in [5.74, 6) is 1.36. The zero-order valence-electron chi connectivity index (χ0n) is 16.1. The van der Waals surface area contributed by atoms with E-state index in [0.717, 1.165) is 22.6 Å². The average Bonchev–Trinajstić information content (AvgIpc) is 3.05. The summed E-state index contributed by atoms with van der Waals surface area (Å²) in [5, 5.41) is 7.42. The van der Waals surface area contributed by atoms with Gasteiger partial charge in [0.25, 0.3) is 0 Å². The summed E-state index contributed by atoms with van der Waals surface area (Å²) in [5.41, 5.74) is 4.95. The normalized spacial score (nSPS) is 12.6. The van der Waals surface area contributed by atoms with Crippen LogP contribution in [0.3, 0.4) is 0 Å². The average molecular weight is 377 g/mol. The number of aryl methyl sites for hydroxylation is 3. The molecule has 0 bridgehead atoms. The molecule has 0 fully saturated rings. The van der Waals surface area contributed by atoms with E-state index in [2.05, 4.69) is 16.5 Å². The van der Waals surface area contributed by atoms with E-state index in [1.54, 1.807) is 6.07 Å². The lowest BCUT2D eigenvalue weighted by Gasteiger charge is -2.19. The predicted molar refractivity (Wildman–Crippen MR) is 107 cm³/mol. The molecule has 6 heteroatoms. The highest BCUT2D eigenvalue weighted by Gasteiger charge is 2.13. The minimum atomic E-state index is -0.0284. The third-order valence-corrected chi connectivity index (χ3v) is 4.66. The molecule has 1 amide bonds. The Bertz CT molecular complexity index is 993. The van der Waals surface area contributed by atoms with Crippen LogP contribution >= 0.6 is 0 Å². The van der Waals surface area contributed by atoms with Gasteiger partial charge < -0.3 is 14.8 Å². The van der Waals surface area contributed by atoms with Crippen LogP contribution in [0.25, 0.3) is 5.69 Å². The Morgan fingerprint density at radius 2 is 1.79 bits per heavy atom. The number of amides is 1. The van der Waals surface area contributed by atoms with E-state index < -0.39 is 0 Å². The molecule has 0 radical (unpaired) electrons. The van der Waals surface area contributed by atoms with Crippen LogP contribution in [0.1, 0.15) is 23.4 Å². The standard InChI is InChI=1S/C22H23N3O3/c1-15-13-16(2)25(24-15)19-7-3-17(4-8-19)5-10-22(26)23-18-6-9-20-21(14-18)28-12-11-27-20/h3-4,6-9,13-14H,5,10-12H2,1-2H3,(H,23,26). The number of carbonyl (C=O) groups excluding carboxylic acids is 1. The van der Waals surface area contributed by atoms with Gasteiger partial charge in [0, 0.05) is 23.9 Å². The summed E-state index contributed by atoms with van der Waals surface area (Å²) in [7, 11) is 0. The van der Waals surface area contributed by atoms with Gasteiger partial charge in [-0.2, -0.15) is 5.10 Å². The van der Waals surface area contributed by atoms with Crippen LogP contribution < -0.4 is 14.8 Å². The lowest BCUT2D eigenvalue weighted by Crippen LogP contribution is -2.16. The molecule has 2 heterocycles. The van der Waals surface area contributed by atoms with Gasteiger partial charge in [-0.1, -0.05) is 12.1 Å². The van der Waals surface area contributed by atoms with E-state index in [-0.39, 0.29) is 5.91 Å². The molecule has 0 saturated heterocycles. The van der Waals surface area contributed by atoms with Gasteiger partial charge in [-0.05, 0) is 56.2 Å².